The van der Waals surface area contributed by atoms with Crippen molar-refractivity contribution < 1.29 is 27.1 Å². The van der Waals surface area contributed by atoms with Gasteiger partial charge in [0.1, 0.15) is 11.6 Å². The smallest absolute Gasteiger partial charge is 0.419 e. The molecule has 3 aromatic carbocycles. The van der Waals surface area contributed by atoms with Gasteiger partial charge in [0.15, 0.2) is 22.4 Å². The summed E-state index contributed by atoms with van der Waals surface area (Å²) in [5.41, 5.74) is -2.23. The molecule has 0 N–H and O–H groups in total. The molecular formula is C32H26F4N4O2S. The van der Waals surface area contributed by atoms with Crippen molar-refractivity contribution in [1.29, 1.82) is 5.26 Å². The van der Waals surface area contributed by atoms with Crippen LogP contribution in [-0.2, 0) is 11.2 Å². The number of alkyl halides is 3. The Morgan fingerprint density at radius 2 is 1.91 bits per heavy atom. The van der Waals surface area contributed by atoms with Crippen molar-refractivity contribution in [1.82, 2.24) is 4.90 Å². The number of amides is 1. The molecule has 1 spiro atoms. The number of rotatable bonds is 8. The fraction of sp³-hybridized carbons (Fsp3) is 0.250. The molecule has 1 saturated carbocycles. The zero-order valence-corrected chi connectivity index (χ0v) is 23.9. The molecule has 11 heteroatoms. The molecule has 43 heavy (non-hydrogen) atoms. The van der Waals surface area contributed by atoms with Crippen LogP contribution in [0.4, 0.5) is 23.2 Å². The maximum absolute atomic E-state index is 15.3. The Balaban J connectivity index is 1.39. The first kappa shape index (κ1) is 29.9. The second kappa shape index (κ2) is 11.6. The lowest BCUT2D eigenvalue weighted by Crippen LogP contribution is -2.55. The fourth-order valence-corrected chi connectivity index (χ4v) is 6.06. The van der Waals surface area contributed by atoms with E-state index in [1.807, 2.05) is 42.5 Å². The summed E-state index contributed by atoms with van der Waals surface area (Å²) in [6.45, 7) is 4.56. The summed E-state index contributed by atoms with van der Waals surface area (Å²) in [6, 6.07) is 19.6. The molecule has 5 rings (SSSR count). The van der Waals surface area contributed by atoms with Crippen LogP contribution in [0.3, 0.4) is 0 Å². The van der Waals surface area contributed by atoms with Crippen LogP contribution in [0.1, 0.15) is 31.7 Å². The SMILES string of the molecule is C=N/C(C#N)=C(\C=C(/C)N1C(=O)C2(CCC2)N(c2ccc(OCCc3cccc4ccccc34)c(F)c2)C1=S)C(F)(F)F. The van der Waals surface area contributed by atoms with Gasteiger partial charge in [-0.1, -0.05) is 42.5 Å². The third kappa shape index (κ3) is 5.39. The third-order valence-electron chi connectivity index (χ3n) is 7.81. The number of aliphatic imine (C=N–C) groups is 1. The van der Waals surface area contributed by atoms with E-state index in [0.29, 0.717) is 31.8 Å². The molecule has 1 heterocycles. The Kier molecular flexibility index (Phi) is 8.08. The van der Waals surface area contributed by atoms with Gasteiger partial charge in [-0.3, -0.25) is 14.7 Å². The molecule has 0 atom stereocenters. The Labute approximate surface area is 251 Å². The molecule has 2 fully saturated rings. The molecule has 1 aliphatic carbocycles. The monoisotopic (exact) mass is 606 g/mol. The summed E-state index contributed by atoms with van der Waals surface area (Å²) in [6.07, 6.45) is -2.26. The van der Waals surface area contributed by atoms with Crippen molar-refractivity contribution in [2.24, 2.45) is 4.99 Å². The molecule has 3 aromatic rings. The molecule has 0 aromatic heterocycles. The minimum absolute atomic E-state index is 0.0249. The molecule has 1 saturated heterocycles. The number of carbonyl (C=O) groups is 1. The maximum Gasteiger partial charge on any atom is 0.419 e. The van der Waals surface area contributed by atoms with Gasteiger partial charge in [0, 0.05) is 23.9 Å². The molecular weight excluding hydrogens is 580 g/mol. The number of halogens is 4. The van der Waals surface area contributed by atoms with Crippen molar-refractivity contribution in [3.05, 3.63) is 95.1 Å². The first-order chi connectivity index (χ1) is 20.5. The van der Waals surface area contributed by atoms with E-state index in [1.165, 1.54) is 30.0 Å². The van der Waals surface area contributed by atoms with Gasteiger partial charge in [0.05, 0.1) is 12.2 Å². The van der Waals surface area contributed by atoms with Crippen LogP contribution in [-0.4, -0.2) is 41.0 Å². The number of nitrogens with zero attached hydrogens (tertiary/aromatic N) is 4. The molecule has 220 valence electrons. The van der Waals surface area contributed by atoms with Crippen molar-refractivity contribution in [3.8, 4) is 11.8 Å². The van der Waals surface area contributed by atoms with Crippen LogP contribution >= 0.6 is 12.2 Å². The summed E-state index contributed by atoms with van der Waals surface area (Å²) in [7, 11) is 0. The van der Waals surface area contributed by atoms with Gasteiger partial charge in [0.2, 0.25) is 0 Å². The highest BCUT2D eigenvalue weighted by Gasteiger charge is 2.59. The van der Waals surface area contributed by atoms with Crippen LogP contribution in [0.15, 0.2) is 88.7 Å². The minimum Gasteiger partial charge on any atom is -0.490 e. The van der Waals surface area contributed by atoms with E-state index in [1.54, 1.807) is 6.07 Å². The zero-order chi connectivity index (χ0) is 30.9. The van der Waals surface area contributed by atoms with Gasteiger partial charge in [-0.15, -0.1) is 0 Å². The lowest BCUT2D eigenvalue weighted by Gasteiger charge is -2.43. The van der Waals surface area contributed by atoms with Crippen LogP contribution in [0, 0.1) is 17.1 Å². The normalized spacial score (nSPS) is 17.2. The summed E-state index contributed by atoms with van der Waals surface area (Å²) >= 11 is 5.59. The number of thiocarbonyl (C=S) groups is 1. The van der Waals surface area contributed by atoms with Gasteiger partial charge in [0.25, 0.3) is 5.91 Å². The van der Waals surface area contributed by atoms with Crippen molar-refractivity contribution in [2.45, 2.75) is 44.3 Å². The number of anilines is 1. The number of hydrogen-bond acceptors (Lipinski definition) is 5. The molecule has 0 bridgehead atoms. The zero-order valence-electron chi connectivity index (χ0n) is 23.1. The summed E-state index contributed by atoms with van der Waals surface area (Å²) in [5, 5.41) is 11.2. The first-order valence-corrected chi connectivity index (χ1v) is 13.9. The van der Waals surface area contributed by atoms with Crippen molar-refractivity contribution >= 4 is 46.4 Å². The number of carbonyl (C=O) groups excluding carboxylic acids is 1. The van der Waals surface area contributed by atoms with Crippen LogP contribution < -0.4 is 9.64 Å². The molecule has 0 unspecified atom stereocenters. The average molecular weight is 607 g/mol. The van der Waals surface area contributed by atoms with E-state index < -0.39 is 34.7 Å². The second-order valence-corrected chi connectivity index (χ2v) is 10.7. The Hall–Kier alpha value is -4.56. The van der Waals surface area contributed by atoms with E-state index in [9.17, 15) is 18.0 Å². The third-order valence-corrected chi connectivity index (χ3v) is 8.17. The lowest BCUT2D eigenvalue weighted by molar-refractivity contribution is -0.131. The Morgan fingerprint density at radius 3 is 2.53 bits per heavy atom. The Bertz CT molecular complexity index is 1730. The quantitative estimate of drug-likeness (QED) is 0.0879. The first-order valence-electron chi connectivity index (χ1n) is 13.5. The molecule has 6 nitrogen and oxygen atoms in total. The fourth-order valence-electron chi connectivity index (χ4n) is 5.56. The van der Waals surface area contributed by atoms with Gasteiger partial charge in [-0.2, -0.15) is 18.4 Å². The highest BCUT2D eigenvalue weighted by Crippen LogP contribution is 2.48. The highest BCUT2D eigenvalue weighted by molar-refractivity contribution is 7.80. The summed E-state index contributed by atoms with van der Waals surface area (Å²) in [5.74, 6) is -1.15. The molecule has 0 radical (unpaired) electrons. The number of allylic oxidation sites excluding steroid dienone is 4. The predicted octanol–water partition coefficient (Wildman–Crippen LogP) is 7.40. The lowest BCUT2D eigenvalue weighted by atomic mass is 9.75. The van der Waals surface area contributed by atoms with E-state index >= 15 is 4.39 Å². The minimum atomic E-state index is -4.93. The standard InChI is InChI=1S/C32H26F4N4O2S/c1-20(17-25(32(34,35)36)27(19-37)38-2)39-29(41)31(14-6-15-31)40(30(39)43)23-11-12-28(26(33)18-23)42-16-13-22-9-5-8-21-7-3-4-10-24(21)22/h3-5,7-12,17-18H,2,6,13-16H2,1H3/b20-17+,27-25+. The summed E-state index contributed by atoms with van der Waals surface area (Å²) < 4.78 is 62.3. The van der Waals surface area contributed by atoms with Crippen LogP contribution in [0.2, 0.25) is 0 Å². The van der Waals surface area contributed by atoms with Crippen molar-refractivity contribution in [3.63, 3.8) is 0 Å². The highest BCUT2D eigenvalue weighted by atomic mass is 32.1. The molecule has 2 aliphatic rings. The Morgan fingerprint density at radius 1 is 1.19 bits per heavy atom. The van der Waals surface area contributed by atoms with Gasteiger partial charge >= 0.3 is 6.18 Å². The molecule has 1 amide bonds. The predicted molar refractivity (Wildman–Crippen MR) is 160 cm³/mol. The number of fused-ring (bicyclic) bond motifs is 1. The van der Waals surface area contributed by atoms with Crippen molar-refractivity contribution in [2.75, 3.05) is 11.5 Å². The molecule has 1 aliphatic heterocycles. The van der Waals surface area contributed by atoms with E-state index in [-0.39, 0.29) is 28.9 Å². The largest absolute Gasteiger partial charge is 0.490 e. The van der Waals surface area contributed by atoms with Gasteiger partial charge in [-0.05, 0) is 79.7 Å². The van der Waals surface area contributed by atoms with Crippen LogP contribution in [0.25, 0.3) is 10.8 Å². The maximum atomic E-state index is 15.3. The number of hydrogen-bond donors (Lipinski definition) is 0. The van der Waals surface area contributed by atoms with Gasteiger partial charge in [-0.25, -0.2) is 4.39 Å². The summed E-state index contributed by atoms with van der Waals surface area (Å²) in [4.78, 5) is 19.3. The number of nitriles is 1. The van der Waals surface area contributed by atoms with Gasteiger partial charge < -0.3 is 9.64 Å². The van der Waals surface area contributed by atoms with E-state index in [4.69, 9.17) is 22.2 Å². The topological polar surface area (TPSA) is 68.9 Å². The van der Waals surface area contributed by atoms with Crippen LogP contribution in [0.5, 0.6) is 5.75 Å². The number of ether oxygens (including phenoxy) is 1. The van der Waals surface area contributed by atoms with E-state index in [2.05, 4.69) is 11.7 Å². The number of benzene rings is 3. The second-order valence-electron chi connectivity index (χ2n) is 10.3. The van der Waals surface area contributed by atoms with E-state index in [0.717, 1.165) is 21.2 Å². The average Bonchev–Trinajstić information content (AvgIpc) is 3.20.